The Labute approximate surface area is 118 Å². The average molecular weight is 276 g/mol. The van der Waals surface area contributed by atoms with E-state index in [9.17, 15) is 4.79 Å². The van der Waals surface area contributed by atoms with Gasteiger partial charge in [0.25, 0.3) is 0 Å². The maximum Gasteiger partial charge on any atom is 0.240 e. The molecule has 0 aromatic carbocycles. The molecule has 4 rings (SSSR count). The highest BCUT2D eigenvalue weighted by molar-refractivity contribution is 7.10. The third-order valence-electron chi connectivity index (χ3n) is 4.65. The van der Waals surface area contributed by atoms with Crippen molar-refractivity contribution in [3.63, 3.8) is 0 Å². The molecule has 1 aromatic rings. The zero-order chi connectivity index (χ0) is 12.8. The zero-order valence-corrected chi connectivity index (χ0v) is 11.9. The first-order valence-corrected chi connectivity index (χ1v) is 8.33. The summed E-state index contributed by atoms with van der Waals surface area (Å²) in [6.07, 6.45) is 7.07. The second-order valence-corrected chi connectivity index (χ2v) is 7.02. The van der Waals surface area contributed by atoms with Gasteiger partial charge in [-0.05, 0) is 55.5 Å². The van der Waals surface area contributed by atoms with Crippen molar-refractivity contribution in [2.24, 2.45) is 0 Å². The maximum absolute atomic E-state index is 12.6. The molecule has 3 aliphatic rings. The fraction of sp³-hybridized carbons (Fsp3) is 0.667. The summed E-state index contributed by atoms with van der Waals surface area (Å²) < 4.78 is 0. The predicted molar refractivity (Wildman–Crippen MR) is 76.3 cm³/mol. The molecule has 1 saturated carbocycles. The number of rotatable bonds is 3. The Hall–Kier alpha value is -0.870. The maximum atomic E-state index is 12.6. The highest BCUT2D eigenvalue weighted by atomic mass is 32.1. The van der Waals surface area contributed by atoms with Crippen LogP contribution in [0.1, 0.15) is 48.6 Å². The third-order valence-corrected chi connectivity index (χ3v) is 5.65. The minimum atomic E-state index is 0.0940. The number of fused-ring (bicyclic) bond motifs is 1. The van der Waals surface area contributed by atoms with E-state index in [4.69, 9.17) is 0 Å². The highest BCUT2D eigenvalue weighted by Gasteiger charge is 2.40. The van der Waals surface area contributed by atoms with Crippen LogP contribution in [0.4, 0.5) is 0 Å². The monoisotopic (exact) mass is 276 g/mol. The van der Waals surface area contributed by atoms with Gasteiger partial charge in [-0.2, -0.15) is 0 Å². The molecule has 19 heavy (non-hydrogen) atoms. The van der Waals surface area contributed by atoms with Crippen LogP contribution in [0.3, 0.4) is 0 Å². The van der Waals surface area contributed by atoms with Gasteiger partial charge in [-0.15, -0.1) is 11.3 Å². The molecule has 2 fully saturated rings. The number of hydrogen-bond donors (Lipinski definition) is 1. The molecule has 1 aromatic heterocycles. The van der Waals surface area contributed by atoms with Crippen molar-refractivity contribution in [3.8, 4) is 0 Å². The molecule has 4 heteroatoms. The summed E-state index contributed by atoms with van der Waals surface area (Å²) in [5.41, 5.74) is 1.43. The summed E-state index contributed by atoms with van der Waals surface area (Å²) in [6, 6.07) is 3.31. The Kier molecular flexibility index (Phi) is 2.88. The molecule has 102 valence electrons. The van der Waals surface area contributed by atoms with Gasteiger partial charge >= 0.3 is 0 Å². The van der Waals surface area contributed by atoms with E-state index < -0.39 is 0 Å². The second-order valence-electron chi connectivity index (χ2n) is 6.02. The smallest absolute Gasteiger partial charge is 0.240 e. The van der Waals surface area contributed by atoms with Crippen molar-refractivity contribution in [3.05, 3.63) is 21.9 Å². The van der Waals surface area contributed by atoms with Crippen molar-refractivity contribution in [2.45, 2.75) is 56.7 Å². The number of thiophene rings is 1. The fourth-order valence-electron chi connectivity index (χ4n) is 3.49. The molecule has 1 aliphatic heterocycles. The zero-order valence-electron chi connectivity index (χ0n) is 11.1. The van der Waals surface area contributed by atoms with E-state index in [0.29, 0.717) is 18.0 Å². The summed E-state index contributed by atoms with van der Waals surface area (Å²) in [7, 11) is 0. The van der Waals surface area contributed by atoms with E-state index in [-0.39, 0.29) is 6.04 Å². The van der Waals surface area contributed by atoms with Crippen molar-refractivity contribution in [1.29, 1.82) is 0 Å². The van der Waals surface area contributed by atoms with E-state index in [1.54, 1.807) is 0 Å². The number of nitrogens with zero attached hydrogens (tertiary/aromatic N) is 1. The minimum absolute atomic E-state index is 0.0940. The molecule has 0 radical (unpaired) electrons. The van der Waals surface area contributed by atoms with E-state index in [2.05, 4.69) is 21.7 Å². The molecule has 1 saturated heterocycles. The normalized spacial score (nSPS) is 30.7. The number of carbonyl (C=O) groups is 1. The molecule has 1 N–H and O–H groups in total. The van der Waals surface area contributed by atoms with Crippen molar-refractivity contribution in [1.82, 2.24) is 10.2 Å². The van der Waals surface area contributed by atoms with E-state index in [1.165, 1.54) is 36.1 Å². The first kappa shape index (κ1) is 11.9. The van der Waals surface area contributed by atoms with Crippen molar-refractivity contribution < 1.29 is 4.79 Å². The average Bonchev–Trinajstić information content (AvgIpc) is 2.97. The molecule has 2 heterocycles. The Bertz CT molecular complexity index is 494. The number of hydrogen-bond acceptors (Lipinski definition) is 3. The lowest BCUT2D eigenvalue weighted by Crippen LogP contribution is -2.41. The van der Waals surface area contributed by atoms with Crippen LogP contribution < -0.4 is 5.32 Å². The largest absolute Gasteiger partial charge is 0.334 e. The first-order chi connectivity index (χ1) is 9.33. The van der Waals surface area contributed by atoms with E-state index in [1.807, 2.05) is 11.3 Å². The fourth-order valence-corrected chi connectivity index (χ4v) is 4.47. The van der Waals surface area contributed by atoms with Crippen molar-refractivity contribution in [2.75, 3.05) is 6.54 Å². The second kappa shape index (κ2) is 4.60. The van der Waals surface area contributed by atoms with E-state index in [0.717, 1.165) is 19.4 Å². The van der Waals surface area contributed by atoms with Gasteiger partial charge in [-0.25, -0.2) is 0 Å². The number of likely N-dealkylation sites (tertiary alicyclic amines) is 1. The van der Waals surface area contributed by atoms with Crippen LogP contribution >= 0.6 is 11.3 Å². The first-order valence-electron chi connectivity index (χ1n) is 7.46. The molecule has 2 aliphatic carbocycles. The third kappa shape index (κ3) is 2.11. The standard InChI is InChI=1S/C15H20N2OS/c18-15-12(16-10-4-5-10)6-8-17(15)13-2-1-3-14-11(13)7-9-19-14/h7,9-10,12-13,16H,1-6,8H2. The Morgan fingerprint density at radius 2 is 2.16 bits per heavy atom. The Morgan fingerprint density at radius 1 is 1.26 bits per heavy atom. The summed E-state index contributed by atoms with van der Waals surface area (Å²) >= 11 is 1.86. The van der Waals surface area contributed by atoms with Gasteiger partial charge in [-0.3, -0.25) is 4.79 Å². The molecule has 3 nitrogen and oxygen atoms in total. The summed E-state index contributed by atoms with van der Waals surface area (Å²) in [6.45, 7) is 0.934. The lowest BCUT2D eigenvalue weighted by atomic mass is 9.93. The van der Waals surface area contributed by atoms with Crippen LogP contribution in [0.5, 0.6) is 0 Å². The summed E-state index contributed by atoms with van der Waals surface area (Å²) in [4.78, 5) is 16.2. The summed E-state index contributed by atoms with van der Waals surface area (Å²) in [5, 5.41) is 5.68. The van der Waals surface area contributed by atoms with Gasteiger partial charge in [0.1, 0.15) is 0 Å². The topological polar surface area (TPSA) is 32.3 Å². The molecule has 0 spiro atoms. The van der Waals surface area contributed by atoms with Gasteiger partial charge in [0, 0.05) is 17.5 Å². The molecule has 2 unspecified atom stereocenters. The molecular weight excluding hydrogens is 256 g/mol. The minimum Gasteiger partial charge on any atom is -0.334 e. The van der Waals surface area contributed by atoms with Gasteiger partial charge in [0.2, 0.25) is 5.91 Å². The Morgan fingerprint density at radius 3 is 3.00 bits per heavy atom. The predicted octanol–water partition coefficient (Wildman–Crippen LogP) is 2.48. The number of carbonyl (C=O) groups excluding carboxylic acids is 1. The van der Waals surface area contributed by atoms with Crippen LogP contribution in [0.2, 0.25) is 0 Å². The lowest BCUT2D eigenvalue weighted by molar-refractivity contribution is -0.131. The molecule has 2 atom stereocenters. The van der Waals surface area contributed by atoms with Crippen LogP contribution in [-0.2, 0) is 11.2 Å². The van der Waals surface area contributed by atoms with E-state index >= 15 is 0 Å². The molecule has 0 bridgehead atoms. The van der Waals surface area contributed by atoms with Crippen LogP contribution in [0.25, 0.3) is 0 Å². The van der Waals surface area contributed by atoms with Crippen LogP contribution in [0, 0.1) is 0 Å². The van der Waals surface area contributed by atoms with Gasteiger partial charge in [0.05, 0.1) is 12.1 Å². The SMILES string of the molecule is O=C1C(NC2CC2)CCN1C1CCCc2sccc21. The Balaban J connectivity index is 1.52. The summed E-state index contributed by atoms with van der Waals surface area (Å²) in [5.74, 6) is 0.343. The van der Waals surface area contributed by atoms with Gasteiger partial charge in [0.15, 0.2) is 0 Å². The quantitative estimate of drug-likeness (QED) is 0.920. The van der Waals surface area contributed by atoms with Crippen molar-refractivity contribution >= 4 is 17.2 Å². The number of nitrogens with one attached hydrogen (secondary N) is 1. The van der Waals surface area contributed by atoms with Crippen LogP contribution in [-0.4, -0.2) is 29.4 Å². The highest BCUT2D eigenvalue weighted by Crippen LogP contribution is 2.39. The lowest BCUT2D eigenvalue weighted by Gasteiger charge is -2.31. The van der Waals surface area contributed by atoms with Gasteiger partial charge < -0.3 is 10.2 Å². The van der Waals surface area contributed by atoms with Gasteiger partial charge in [-0.1, -0.05) is 0 Å². The molecular formula is C15H20N2OS. The van der Waals surface area contributed by atoms with Crippen LogP contribution in [0.15, 0.2) is 11.4 Å². The molecule has 1 amide bonds. The number of aryl methyl sites for hydroxylation is 1. The number of amides is 1.